The number of carbonyl (C=O) groups is 1. The van der Waals surface area contributed by atoms with Gasteiger partial charge in [-0.3, -0.25) is 4.79 Å². The number of hydrogen-bond acceptors (Lipinski definition) is 3. The van der Waals surface area contributed by atoms with E-state index in [-0.39, 0.29) is 11.1 Å². The van der Waals surface area contributed by atoms with E-state index in [0.717, 1.165) is 5.56 Å². The van der Waals surface area contributed by atoms with E-state index >= 15 is 0 Å². The summed E-state index contributed by atoms with van der Waals surface area (Å²) in [5, 5.41) is 8.76. The number of carbonyl (C=O) groups excluding carboxylic acids is 1. The molecule has 1 aromatic carbocycles. The zero-order valence-electron chi connectivity index (χ0n) is 8.00. The first-order chi connectivity index (χ1) is 6.60. The molecule has 4 nitrogen and oxygen atoms in total. The summed E-state index contributed by atoms with van der Waals surface area (Å²) in [4.78, 5) is 11.0. The normalized spacial score (nSPS) is 9.21. The Morgan fingerprint density at radius 1 is 1.57 bits per heavy atom. The average molecular weight is 190 g/mol. The van der Waals surface area contributed by atoms with Gasteiger partial charge in [-0.15, -0.1) is 0 Å². The number of rotatable bonds is 2. The van der Waals surface area contributed by atoms with Gasteiger partial charge in [-0.1, -0.05) is 0 Å². The fourth-order valence-electron chi connectivity index (χ4n) is 1.20. The van der Waals surface area contributed by atoms with Crippen molar-refractivity contribution in [2.45, 2.75) is 6.92 Å². The maximum atomic E-state index is 11.0. The van der Waals surface area contributed by atoms with Crippen molar-refractivity contribution in [2.24, 2.45) is 5.73 Å². The highest BCUT2D eigenvalue weighted by Gasteiger charge is 2.11. The highest BCUT2D eigenvalue weighted by atomic mass is 16.5. The molecular weight excluding hydrogens is 180 g/mol. The summed E-state index contributed by atoms with van der Waals surface area (Å²) in [7, 11) is 1.50. The molecule has 1 rings (SSSR count). The number of nitrogens with zero attached hydrogens (tertiary/aromatic N) is 1. The second kappa shape index (κ2) is 3.79. The number of hydrogen-bond donors (Lipinski definition) is 1. The lowest BCUT2D eigenvalue weighted by Crippen LogP contribution is -2.13. The van der Waals surface area contributed by atoms with E-state index in [1.165, 1.54) is 13.2 Å². The topological polar surface area (TPSA) is 76.1 Å². The van der Waals surface area contributed by atoms with Gasteiger partial charge in [0, 0.05) is 0 Å². The Balaban J connectivity index is 3.42. The number of nitriles is 1. The monoisotopic (exact) mass is 190 g/mol. The number of amides is 1. The third kappa shape index (κ3) is 1.67. The highest BCUT2D eigenvalue weighted by Crippen LogP contribution is 2.22. The number of nitrogens with two attached hydrogens (primary N) is 1. The molecule has 72 valence electrons. The molecule has 0 heterocycles. The van der Waals surface area contributed by atoms with Crippen molar-refractivity contribution in [1.29, 1.82) is 5.26 Å². The third-order valence-electron chi connectivity index (χ3n) is 1.92. The van der Waals surface area contributed by atoms with Crippen LogP contribution in [-0.2, 0) is 0 Å². The first-order valence-electron chi connectivity index (χ1n) is 3.98. The summed E-state index contributed by atoms with van der Waals surface area (Å²) in [5.41, 5.74) is 6.38. The Labute approximate surface area is 81.9 Å². The molecule has 0 radical (unpaired) electrons. The van der Waals surface area contributed by atoms with Crippen molar-refractivity contribution in [3.63, 3.8) is 0 Å². The van der Waals surface area contributed by atoms with Crippen LogP contribution in [0.3, 0.4) is 0 Å². The van der Waals surface area contributed by atoms with Crippen molar-refractivity contribution < 1.29 is 9.53 Å². The molecule has 0 bridgehead atoms. The molecule has 0 aromatic heterocycles. The van der Waals surface area contributed by atoms with E-state index in [0.29, 0.717) is 5.75 Å². The molecule has 4 heteroatoms. The molecule has 1 aromatic rings. The van der Waals surface area contributed by atoms with E-state index in [9.17, 15) is 4.79 Å². The van der Waals surface area contributed by atoms with Crippen LogP contribution in [0.15, 0.2) is 12.1 Å². The lowest BCUT2D eigenvalue weighted by atomic mass is 10.0. The summed E-state index contributed by atoms with van der Waals surface area (Å²) in [6.07, 6.45) is 0. The lowest BCUT2D eigenvalue weighted by molar-refractivity contribution is 0.0999. The number of benzene rings is 1. The minimum atomic E-state index is -0.625. The van der Waals surface area contributed by atoms with Gasteiger partial charge in [-0.2, -0.15) is 5.26 Å². The average Bonchev–Trinajstić information content (AvgIpc) is 2.16. The van der Waals surface area contributed by atoms with Gasteiger partial charge in [-0.05, 0) is 24.6 Å². The van der Waals surface area contributed by atoms with Gasteiger partial charge in [0.15, 0.2) is 0 Å². The second-order valence-electron chi connectivity index (χ2n) is 2.84. The van der Waals surface area contributed by atoms with Crippen LogP contribution in [0.4, 0.5) is 0 Å². The minimum absolute atomic E-state index is 0.190. The standard InChI is InChI=1S/C10H10N2O2/c1-6-3-7(5-11)8(10(12)13)4-9(6)14-2/h3-4H,1-2H3,(H2,12,13). The van der Waals surface area contributed by atoms with Crippen LogP contribution >= 0.6 is 0 Å². The molecule has 0 atom stereocenters. The predicted octanol–water partition coefficient (Wildman–Crippen LogP) is 0.974. The number of primary amides is 1. The Morgan fingerprint density at radius 3 is 2.64 bits per heavy atom. The molecule has 14 heavy (non-hydrogen) atoms. The van der Waals surface area contributed by atoms with Gasteiger partial charge < -0.3 is 10.5 Å². The zero-order valence-corrected chi connectivity index (χ0v) is 8.00. The Kier molecular flexibility index (Phi) is 2.73. The smallest absolute Gasteiger partial charge is 0.250 e. The first kappa shape index (κ1) is 10.1. The molecule has 0 aliphatic rings. The van der Waals surface area contributed by atoms with Gasteiger partial charge in [0.25, 0.3) is 0 Å². The number of methoxy groups -OCH3 is 1. The first-order valence-corrected chi connectivity index (χ1v) is 3.98. The predicted molar refractivity (Wildman–Crippen MR) is 51.0 cm³/mol. The van der Waals surface area contributed by atoms with E-state index in [1.54, 1.807) is 13.0 Å². The molecule has 0 aliphatic heterocycles. The molecule has 0 spiro atoms. The van der Waals surface area contributed by atoms with Gasteiger partial charge in [0.1, 0.15) is 5.75 Å². The van der Waals surface area contributed by atoms with Gasteiger partial charge in [0.2, 0.25) is 5.91 Å². The van der Waals surface area contributed by atoms with Crippen LogP contribution in [0.1, 0.15) is 21.5 Å². The lowest BCUT2D eigenvalue weighted by Gasteiger charge is -2.07. The maximum Gasteiger partial charge on any atom is 0.250 e. The van der Waals surface area contributed by atoms with Gasteiger partial charge >= 0.3 is 0 Å². The largest absolute Gasteiger partial charge is 0.496 e. The summed E-state index contributed by atoms with van der Waals surface area (Å²) in [6, 6.07) is 4.98. The number of ether oxygens (including phenoxy) is 1. The molecular formula is C10H10N2O2. The number of aryl methyl sites for hydroxylation is 1. The van der Waals surface area contributed by atoms with Crippen molar-refractivity contribution in [3.8, 4) is 11.8 Å². The summed E-state index contributed by atoms with van der Waals surface area (Å²) < 4.78 is 5.02. The minimum Gasteiger partial charge on any atom is -0.496 e. The van der Waals surface area contributed by atoms with Gasteiger partial charge in [0.05, 0.1) is 24.3 Å². The van der Waals surface area contributed by atoms with E-state index in [1.807, 2.05) is 6.07 Å². The third-order valence-corrected chi connectivity index (χ3v) is 1.92. The highest BCUT2D eigenvalue weighted by molar-refractivity contribution is 5.95. The Bertz CT molecular complexity index is 419. The Hall–Kier alpha value is -2.02. The van der Waals surface area contributed by atoms with Crippen LogP contribution in [-0.4, -0.2) is 13.0 Å². The molecule has 2 N–H and O–H groups in total. The van der Waals surface area contributed by atoms with Crippen LogP contribution in [0.25, 0.3) is 0 Å². The quantitative estimate of drug-likeness (QED) is 0.755. The molecule has 0 unspecified atom stereocenters. The van der Waals surface area contributed by atoms with Crippen molar-refractivity contribution >= 4 is 5.91 Å². The SMILES string of the molecule is COc1cc(C(N)=O)c(C#N)cc1C. The summed E-state index contributed by atoms with van der Waals surface area (Å²) in [6.45, 7) is 1.80. The fourth-order valence-corrected chi connectivity index (χ4v) is 1.20. The van der Waals surface area contributed by atoms with Crippen LogP contribution in [0.2, 0.25) is 0 Å². The molecule has 0 saturated heterocycles. The molecule has 0 fully saturated rings. The van der Waals surface area contributed by atoms with Crippen molar-refractivity contribution in [2.75, 3.05) is 7.11 Å². The maximum absolute atomic E-state index is 11.0. The van der Waals surface area contributed by atoms with Crippen LogP contribution in [0.5, 0.6) is 5.75 Å². The van der Waals surface area contributed by atoms with Crippen LogP contribution in [0, 0.1) is 18.3 Å². The van der Waals surface area contributed by atoms with Gasteiger partial charge in [-0.25, -0.2) is 0 Å². The summed E-state index contributed by atoms with van der Waals surface area (Å²) >= 11 is 0. The fraction of sp³-hybridized carbons (Fsp3) is 0.200. The van der Waals surface area contributed by atoms with E-state index in [2.05, 4.69) is 0 Å². The van der Waals surface area contributed by atoms with E-state index < -0.39 is 5.91 Å². The molecule has 1 amide bonds. The summed E-state index contributed by atoms with van der Waals surface area (Å²) in [5.74, 6) is -0.0716. The van der Waals surface area contributed by atoms with E-state index in [4.69, 9.17) is 15.7 Å². The van der Waals surface area contributed by atoms with Crippen molar-refractivity contribution in [1.82, 2.24) is 0 Å². The second-order valence-corrected chi connectivity index (χ2v) is 2.84. The Morgan fingerprint density at radius 2 is 2.21 bits per heavy atom. The molecule has 0 aliphatic carbocycles. The zero-order chi connectivity index (χ0) is 10.7. The van der Waals surface area contributed by atoms with Crippen molar-refractivity contribution in [3.05, 3.63) is 28.8 Å². The van der Waals surface area contributed by atoms with Crippen LogP contribution < -0.4 is 10.5 Å². The molecule has 0 saturated carbocycles.